The maximum atomic E-state index is 5.50. The quantitative estimate of drug-likeness (QED) is 0.692. The standard InChI is InChI=1S/C20H18NO/c1-22-20-11-10-19(17-8-4-5-9-18(17)20)21-13-12-15-6-2-3-7-16(15)14-21/h2-11,14H,12-13H2,1H3. The highest BCUT2D eigenvalue weighted by Gasteiger charge is 2.19. The van der Waals surface area contributed by atoms with Gasteiger partial charge in [0.05, 0.1) is 13.7 Å². The van der Waals surface area contributed by atoms with Gasteiger partial charge in [-0.25, -0.2) is 0 Å². The summed E-state index contributed by atoms with van der Waals surface area (Å²) in [6, 6.07) is 21.3. The van der Waals surface area contributed by atoms with Crippen LogP contribution in [0.5, 0.6) is 5.75 Å². The summed E-state index contributed by atoms with van der Waals surface area (Å²) in [4.78, 5) is 2.35. The lowest BCUT2D eigenvalue weighted by Gasteiger charge is -2.31. The Morgan fingerprint density at radius 2 is 1.64 bits per heavy atom. The van der Waals surface area contributed by atoms with Gasteiger partial charge in [-0.2, -0.15) is 0 Å². The number of methoxy groups -OCH3 is 1. The van der Waals surface area contributed by atoms with Crippen molar-refractivity contribution in [1.82, 2.24) is 0 Å². The third-order valence-corrected chi connectivity index (χ3v) is 4.36. The van der Waals surface area contributed by atoms with Gasteiger partial charge in [0, 0.05) is 23.0 Å². The molecule has 1 aliphatic rings. The van der Waals surface area contributed by atoms with Crippen LogP contribution in [-0.4, -0.2) is 13.7 Å². The summed E-state index contributed by atoms with van der Waals surface area (Å²) in [7, 11) is 1.73. The van der Waals surface area contributed by atoms with Crippen LogP contribution in [0.15, 0.2) is 60.7 Å². The van der Waals surface area contributed by atoms with E-state index in [0.717, 1.165) is 24.1 Å². The molecule has 0 N–H and O–H groups in total. The molecule has 0 spiro atoms. The fourth-order valence-corrected chi connectivity index (χ4v) is 3.24. The molecule has 0 aliphatic carbocycles. The molecule has 3 aromatic carbocycles. The molecule has 1 aliphatic heterocycles. The molecule has 22 heavy (non-hydrogen) atoms. The fourth-order valence-electron chi connectivity index (χ4n) is 3.24. The summed E-state index contributed by atoms with van der Waals surface area (Å²) in [6.45, 7) is 3.26. The summed E-state index contributed by atoms with van der Waals surface area (Å²) < 4.78 is 5.50. The lowest BCUT2D eigenvalue weighted by atomic mass is 9.98. The SMILES string of the molecule is COc1ccc(N2[CH]c3ccccc3CC2)c2ccccc12. The van der Waals surface area contributed by atoms with Crippen molar-refractivity contribution in [2.75, 3.05) is 18.6 Å². The first-order valence-electron chi connectivity index (χ1n) is 7.62. The molecule has 2 heteroatoms. The average molecular weight is 288 g/mol. The summed E-state index contributed by atoms with van der Waals surface area (Å²) >= 11 is 0. The maximum absolute atomic E-state index is 5.50. The van der Waals surface area contributed by atoms with Crippen molar-refractivity contribution in [3.63, 3.8) is 0 Å². The summed E-state index contributed by atoms with van der Waals surface area (Å²) in [5, 5.41) is 2.40. The van der Waals surface area contributed by atoms with Gasteiger partial charge < -0.3 is 9.64 Å². The largest absolute Gasteiger partial charge is 0.496 e. The molecule has 0 atom stereocenters. The molecule has 4 rings (SSSR count). The Kier molecular flexibility index (Phi) is 3.23. The zero-order valence-electron chi connectivity index (χ0n) is 12.6. The molecule has 0 amide bonds. The van der Waals surface area contributed by atoms with Gasteiger partial charge in [0.1, 0.15) is 5.75 Å². The lowest BCUT2D eigenvalue weighted by molar-refractivity contribution is 0.420. The number of hydrogen-bond donors (Lipinski definition) is 0. The van der Waals surface area contributed by atoms with Gasteiger partial charge in [0.25, 0.3) is 0 Å². The second-order valence-electron chi connectivity index (χ2n) is 5.60. The van der Waals surface area contributed by atoms with Gasteiger partial charge in [-0.15, -0.1) is 0 Å². The molecular formula is C20H18NO. The van der Waals surface area contributed by atoms with E-state index in [4.69, 9.17) is 4.74 Å². The molecule has 109 valence electrons. The van der Waals surface area contributed by atoms with E-state index in [9.17, 15) is 0 Å². The number of hydrogen-bond acceptors (Lipinski definition) is 2. The average Bonchev–Trinajstić information content (AvgIpc) is 2.60. The van der Waals surface area contributed by atoms with Gasteiger partial charge in [-0.05, 0) is 29.7 Å². The third kappa shape index (κ3) is 2.12. The predicted octanol–water partition coefficient (Wildman–Crippen LogP) is 4.42. The molecule has 0 aromatic heterocycles. The maximum Gasteiger partial charge on any atom is 0.126 e. The highest BCUT2D eigenvalue weighted by atomic mass is 16.5. The second kappa shape index (κ2) is 5.38. The number of fused-ring (bicyclic) bond motifs is 2. The summed E-state index contributed by atoms with van der Waals surface area (Å²) in [5.74, 6) is 0.928. The normalized spacial score (nSPS) is 14.0. The number of anilines is 1. The highest BCUT2D eigenvalue weighted by molar-refractivity contribution is 5.98. The molecule has 3 aromatic rings. The minimum atomic E-state index is 0.928. The zero-order chi connectivity index (χ0) is 14.9. The van der Waals surface area contributed by atoms with Crippen molar-refractivity contribution in [2.24, 2.45) is 0 Å². The summed E-state index contributed by atoms with van der Waals surface area (Å²) in [6.07, 6.45) is 1.08. The van der Waals surface area contributed by atoms with Crippen LogP contribution >= 0.6 is 0 Å². The molecule has 0 unspecified atom stereocenters. The minimum absolute atomic E-state index is 0.928. The monoisotopic (exact) mass is 288 g/mol. The van der Waals surface area contributed by atoms with E-state index in [0.29, 0.717) is 0 Å². The Hall–Kier alpha value is -2.48. The lowest BCUT2D eigenvalue weighted by Crippen LogP contribution is -2.28. The number of ether oxygens (including phenoxy) is 1. The van der Waals surface area contributed by atoms with Crippen LogP contribution in [0.1, 0.15) is 11.1 Å². The van der Waals surface area contributed by atoms with E-state index in [1.54, 1.807) is 7.11 Å². The molecule has 1 heterocycles. The van der Waals surface area contributed by atoms with Crippen molar-refractivity contribution < 1.29 is 4.74 Å². The van der Waals surface area contributed by atoms with Crippen molar-refractivity contribution in [1.29, 1.82) is 0 Å². The molecule has 1 radical (unpaired) electrons. The van der Waals surface area contributed by atoms with E-state index in [-0.39, 0.29) is 0 Å². The van der Waals surface area contributed by atoms with E-state index >= 15 is 0 Å². The van der Waals surface area contributed by atoms with Crippen LogP contribution in [0.3, 0.4) is 0 Å². The van der Waals surface area contributed by atoms with Crippen LogP contribution in [0.4, 0.5) is 5.69 Å². The number of rotatable bonds is 2. The van der Waals surface area contributed by atoms with Crippen LogP contribution in [0.2, 0.25) is 0 Å². The third-order valence-electron chi connectivity index (χ3n) is 4.36. The van der Waals surface area contributed by atoms with Crippen LogP contribution in [0.25, 0.3) is 10.8 Å². The van der Waals surface area contributed by atoms with E-state index in [1.165, 1.54) is 22.2 Å². The molecule has 0 saturated carbocycles. The Morgan fingerprint density at radius 3 is 2.50 bits per heavy atom. The van der Waals surface area contributed by atoms with Gasteiger partial charge in [0.2, 0.25) is 0 Å². The van der Waals surface area contributed by atoms with Crippen molar-refractivity contribution in [3.05, 3.63) is 78.3 Å². The van der Waals surface area contributed by atoms with Crippen LogP contribution < -0.4 is 9.64 Å². The topological polar surface area (TPSA) is 12.5 Å². The Balaban J connectivity index is 1.80. The molecule has 0 bridgehead atoms. The first-order chi connectivity index (χ1) is 10.9. The molecular weight excluding hydrogens is 270 g/mol. The zero-order valence-corrected chi connectivity index (χ0v) is 12.6. The fraction of sp³-hybridized carbons (Fsp3) is 0.150. The predicted molar refractivity (Wildman–Crippen MR) is 91.4 cm³/mol. The van der Waals surface area contributed by atoms with Crippen molar-refractivity contribution in [2.45, 2.75) is 6.42 Å². The first kappa shape index (κ1) is 13.2. The molecule has 2 nitrogen and oxygen atoms in total. The first-order valence-corrected chi connectivity index (χ1v) is 7.62. The second-order valence-corrected chi connectivity index (χ2v) is 5.60. The Bertz CT molecular complexity index is 825. The summed E-state index contributed by atoms with van der Waals surface area (Å²) in [5.41, 5.74) is 3.98. The van der Waals surface area contributed by atoms with Crippen molar-refractivity contribution >= 4 is 16.5 Å². The van der Waals surface area contributed by atoms with E-state index in [2.05, 4.69) is 72.1 Å². The Labute approximate surface area is 130 Å². The van der Waals surface area contributed by atoms with Gasteiger partial charge >= 0.3 is 0 Å². The van der Waals surface area contributed by atoms with Gasteiger partial charge in [-0.3, -0.25) is 0 Å². The van der Waals surface area contributed by atoms with Crippen LogP contribution in [0, 0.1) is 6.54 Å². The number of nitrogens with zero attached hydrogens (tertiary/aromatic N) is 1. The molecule has 0 fully saturated rings. The number of benzene rings is 3. The van der Waals surface area contributed by atoms with E-state index < -0.39 is 0 Å². The van der Waals surface area contributed by atoms with Crippen LogP contribution in [-0.2, 0) is 6.42 Å². The van der Waals surface area contributed by atoms with Gasteiger partial charge in [-0.1, -0.05) is 48.5 Å². The van der Waals surface area contributed by atoms with E-state index in [1.807, 2.05) is 0 Å². The minimum Gasteiger partial charge on any atom is -0.496 e. The van der Waals surface area contributed by atoms with Gasteiger partial charge in [0.15, 0.2) is 0 Å². The Morgan fingerprint density at radius 1 is 0.864 bits per heavy atom. The highest BCUT2D eigenvalue weighted by Crippen LogP contribution is 2.36. The van der Waals surface area contributed by atoms with Crippen molar-refractivity contribution in [3.8, 4) is 5.75 Å². The smallest absolute Gasteiger partial charge is 0.126 e. The molecule has 0 saturated heterocycles.